The molecule has 1 aromatic carbocycles. The number of benzene rings is 1. The number of pyridine rings is 1. The molecule has 2 aromatic rings. The van der Waals surface area contributed by atoms with Crippen molar-refractivity contribution >= 4 is 17.5 Å². The third-order valence-electron chi connectivity index (χ3n) is 5.61. The zero-order valence-corrected chi connectivity index (χ0v) is 16.5. The number of hydrogen-bond donors (Lipinski definition) is 0. The SMILES string of the molecule is Cc1ccc(N2CC(C(=O)N3CC(Oc4ncccc4C#N)C3)CC2=O)cc1C. The quantitative estimate of drug-likeness (QED) is 0.799. The number of anilines is 1. The first-order valence-electron chi connectivity index (χ1n) is 9.64. The van der Waals surface area contributed by atoms with Crippen molar-refractivity contribution in [2.24, 2.45) is 5.92 Å². The van der Waals surface area contributed by atoms with Gasteiger partial charge in [-0.25, -0.2) is 4.98 Å². The highest BCUT2D eigenvalue weighted by Gasteiger charge is 2.41. The lowest BCUT2D eigenvalue weighted by Crippen LogP contribution is -2.58. The van der Waals surface area contributed by atoms with Gasteiger partial charge < -0.3 is 14.5 Å². The Hall–Kier alpha value is -3.40. The van der Waals surface area contributed by atoms with Gasteiger partial charge in [0.2, 0.25) is 17.7 Å². The first kappa shape index (κ1) is 18.9. The molecule has 1 atom stereocenters. The predicted octanol–water partition coefficient (Wildman–Crippen LogP) is 2.21. The fourth-order valence-corrected chi connectivity index (χ4v) is 3.69. The van der Waals surface area contributed by atoms with E-state index in [-0.39, 0.29) is 30.3 Å². The van der Waals surface area contributed by atoms with Crippen molar-refractivity contribution in [1.82, 2.24) is 9.88 Å². The minimum Gasteiger partial charge on any atom is -0.470 e. The number of amides is 2. The van der Waals surface area contributed by atoms with Crippen LogP contribution in [-0.4, -0.2) is 47.4 Å². The maximum Gasteiger partial charge on any atom is 0.232 e. The second kappa shape index (κ2) is 7.55. The molecule has 2 amide bonds. The van der Waals surface area contributed by atoms with Crippen molar-refractivity contribution in [3.8, 4) is 11.9 Å². The van der Waals surface area contributed by atoms with E-state index in [1.54, 1.807) is 28.1 Å². The van der Waals surface area contributed by atoms with Gasteiger partial charge in [0.05, 0.1) is 19.0 Å². The minimum absolute atomic E-state index is 0.0212. The number of rotatable bonds is 4. The number of likely N-dealkylation sites (tertiary alicyclic amines) is 1. The molecule has 0 radical (unpaired) electrons. The number of hydrogen-bond acceptors (Lipinski definition) is 5. The van der Waals surface area contributed by atoms with Crippen LogP contribution >= 0.6 is 0 Å². The maximum absolute atomic E-state index is 12.8. The Kier molecular flexibility index (Phi) is 4.93. The van der Waals surface area contributed by atoms with E-state index in [0.29, 0.717) is 31.1 Å². The maximum atomic E-state index is 12.8. The van der Waals surface area contributed by atoms with Crippen molar-refractivity contribution in [1.29, 1.82) is 5.26 Å². The highest BCUT2D eigenvalue weighted by molar-refractivity contribution is 6.00. The molecule has 0 spiro atoms. The lowest BCUT2D eigenvalue weighted by atomic mass is 10.0. The topological polar surface area (TPSA) is 86.5 Å². The molecule has 0 N–H and O–H groups in total. The van der Waals surface area contributed by atoms with Crippen LogP contribution < -0.4 is 9.64 Å². The van der Waals surface area contributed by atoms with Crippen molar-refractivity contribution in [2.45, 2.75) is 26.4 Å². The fourth-order valence-electron chi connectivity index (χ4n) is 3.69. The van der Waals surface area contributed by atoms with Gasteiger partial charge in [0.15, 0.2) is 0 Å². The molecule has 29 heavy (non-hydrogen) atoms. The van der Waals surface area contributed by atoms with Crippen molar-refractivity contribution in [3.05, 3.63) is 53.2 Å². The molecule has 148 valence electrons. The molecule has 7 heteroatoms. The number of aromatic nitrogens is 1. The monoisotopic (exact) mass is 390 g/mol. The highest BCUT2D eigenvalue weighted by Crippen LogP contribution is 2.29. The van der Waals surface area contributed by atoms with Gasteiger partial charge in [-0.3, -0.25) is 9.59 Å². The Morgan fingerprint density at radius 2 is 2.00 bits per heavy atom. The van der Waals surface area contributed by atoms with Crippen LogP contribution in [0.4, 0.5) is 5.69 Å². The summed E-state index contributed by atoms with van der Waals surface area (Å²) in [5, 5.41) is 9.11. The first-order valence-corrected chi connectivity index (χ1v) is 9.64. The second-order valence-electron chi connectivity index (χ2n) is 7.62. The van der Waals surface area contributed by atoms with E-state index in [1.165, 1.54) is 5.56 Å². The summed E-state index contributed by atoms with van der Waals surface area (Å²) >= 11 is 0. The van der Waals surface area contributed by atoms with E-state index in [0.717, 1.165) is 11.3 Å². The molecule has 2 saturated heterocycles. The Balaban J connectivity index is 1.35. The molecule has 0 bridgehead atoms. The van der Waals surface area contributed by atoms with Crippen LogP contribution in [0.1, 0.15) is 23.1 Å². The standard InChI is InChI=1S/C22H22N4O3/c1-14-5-6-18(8-15(14)2)26-11-17(9-20(26)27)22(28)25-12-19(13-25)29-21-16(10-23)4-3-7-24-21/h3-8,17,19H,9,11-13H2,1-2H3. The molecule has 4 rings (SSSR count). The van der Waals surface area contributed by atoms with Gasteiger partial charge in [-0.2, -0.15) is 5.26 Å². The van der Waals surface area contributed by atoms with Crippen LogP contribution in [0.3, 0.4) is 0 Å². The van der Waals surface area contributed by atoms with Gasteiger partial charge in [-0.15, -0.1) is 0 Å². The van der Waals surface area contributed by atoms with Crippen molar-refractivity contribution in [3.63, 3.8) is 0 Å². The molecule has 2 aliphatic rings. The smallest absolute Gasteiger partial charge is 0.232 e. The van der Waals surface area contributed by atoms with E-state index >= 15 is 0 Å². The molecule has 7 nitrogen and oxygen atoms in total. The lowest BCUT2D eigenvalue weighted by Gasteiger charge is -2.39. The second-order valence-corrected chi connectivity index (χ2v) is 7.62. The molecule has 2 aliphatic heterocycles. The Bertz CT molecular complexity index is 1010. The average molecular weight is 390 g/mol. The van der Waals surface area contributed by atoms with Crippen LogP contribution in [0.15, 0.2) is 36.5 Å². The largest absolute Gasteiger partial charge is 0.470 e. The molecule has 2 fully saturated rings. The number of ether oxygens (including phenoxy) is 1. The van der Waals surface area contributed by atoms with E-state index in [9.17, 15) is 9.59 Å². The van der Waals surface area contributed by atoms with Crippen LogP contribution in [0.2, 0.25) is 0 Å². The van der Waals surface area contributed by atoms with Crippen LogP contribution in [0.25, 0.3) is 0 Å². The van der Waals surface area contributed by atoms with Gasteiger partial charge in [0.1, 0.15) is 17.7 Å². The van der Waals surface area contributed by atoms with Crippen LogP contribution in [0.5, 0.6) is 5.88 Å². The van der Waals surface area contributed by atoms with Gasteiger partial charge >= 0.3 is 0 Å². The average Bonchev–Trinajstić information content (AvgIpc) is 3.08. The summed E-state index contributed by atoms with van der Waals surface area (Å²) < 4.78 is 5.75. The number of nitriles is 1. The minimum atomic E-state index is -0.338. The number of nitrogens with zero attached hydrogens (tertiary/aromatic N) is 4. The number of carbonyl (C=O) groups is 2. The van der Waals surface area contributed by atoms with Gasteiger partial charge in [-0.05, 0) is 49.2 Å². The molecular weight excluding hydrogens is 368 g/mol. The summed E-state index contributed by atoms with van der Waals surface area (Å²) in [7, 11) is 0. The summed E-state index contributed by atoms with van der Waals surface area (Å²) in [6.45, 7) is 5.33. The Morgan fingerprint density at radius 1 is 1.21 bits per heavy atom. The molecule has 3 heterocycles. The number of carbonyl (C=O) groups excluding carboxylic acids is 2. The first-order chi connectivity index (χ1) is 14.0. The van der Waals surface area contributed by atoms with E-state index in [1.807, 2.05) is 38.1 Å². The Labute approximate surface area is 169 Å². The predicted molar refractivity (Wildman–Crippen MR) is 106 cm³/mol. The van der Waals surface area contributed by atoms with Crippen LogP contribution in [0, 0.1) is 31.1 Å². The van der Waals surface area contributed by atoms with E-state index in [2.05, 4.69) is 4.98 Å². The highest BCUT2D eigenvalue weighted by atomic mass is 16.5. The zero-order valence-electron chi connectivity index (χ0n) is 16.5. The zero-order chi connectivity index (χ0) is 20.5. The molecular formula is C22H22N4O3. The normalized spacial score (nSPS) is 19.1. The van der Waals surface area contributed by atoms with Crippen molar-refractivity contribution in [2.75, 3.05) is 24.5 Å². The Morgan fingerprint density at radius 3 is 2.72 bits per heavy atom. The summed E-state index contributed by atoms with van der Waals surface area (Å²) in [6, 6.07) is 11.3. The summed E-state index contributed by atoms with van der Waals surface area (Å²) in [5.74, 6) is -0.0863. The van der Waals surface area contributed by atoms with Gasteiger partial charge in [0, 0.05) is 24.8 Å². The summed E-state index contributed by atoms with van der Waals surface area (Å²) in [5.41, 5.74) is 3.52. The van der Waals surface area contributed by atoms with Gasteiger partial charge in [-0.1, -0.05) is 6.07 Å². The molecule has 1 unspecified atom stereocenters. The lowest BCUT2D eigenvalue weighted by molar-refractivity contribution is -0.144. The molecule has 1 aromatic heterocycles. The molecule has 0 saturated carbocycles. The van der Waals surface area contributed by atoms with E-state index < -0.39 is 0 Å². The third-order valence-corrected chi connectivity index (χ3v) is 5.61. The van der Waals surface area contributed by atoms with E-state index in [4.69, 9.17) is 10.00 Å². The number of aryl methyl sites for hydroxylation is 2. The van der Waals surface area contributed by atoms with Crippen molar-refractivity contribution < 1.29 is 14.3 Å². The summed E-state index contributed by atoms with van der Waals surface area (Å²) in [6.07, 6.45) is 1.62. The summed E-state index contributed by atoms with van der Waals surface area (Å²) in [4.78, 5) is 32.8. The fraction of sp³-hybridized carbons (Fsp3) is 0.364. The third kappa shape index (κ3) is 3.66. The molecule has 0 aliphatic carbocycles. The van der Waals surface area contributed by atoms with Crippen LogP contribution in [-0.2, 0) is 9.59 Å². The van der Waals surface area contributed by atoms with Gasteiger partial charge in [0.25, 0.3) is 0 Å².